The maximum absolute atomic E-state index is 12.0. The van der Waals surface area contributed by atoms with Crippen LogP contribution in [0.4, 0.5) is 4.39 Å². The monoisotopic (exact) mass is 135 g/mol. The lowest BCUT2D eigenvalue weighted by Gasteiger charge is -2.36. The standard InChI is InChI=1S/C5H8FNO2/c6-3-1-5(7,2-3)4(8)9/h3H,1-2,7H2,(H,8,9)/i5+2. The van der Waals surface area contributed by atoms with Crippen molar-refractivity contribution in [2.24, 2.45) is 5.73 Å². The van der Waals surface area contributed by atoms with Gasteiger partial charge in [0.05, 0.1) is 0 Å². The average molecular weight is 135 g/mol. The number of nitrogens with two attached hydrogens (primary N) is 1. The molecule has 0 heterocycles. The van der Waals surface area contributed by atoms with Crippen LogP contribution in [0.3, 0.4) is 0 Å². The third-order valence-electron chi connectivity index (χ3n) is 1.60. The van der Waals surface area contributed by atoms with Crippen LogP contribution in [0.2, 0.25) is 0 Å². The number of rotatable bonds is 1. The molecule has 52 valence electrons. The van der Waals surface area contributed by atoms with Gasteiger partial charge in [-0.15, -0.1) is 0 Å². The zero-order valence-corrected chi connectivity index (χ0v) is 4.80. The Bertz CT molecular complexity index is 142. The summed E-state index contributed by atoms with van der Waals surface area (Å²) in [5.41, 5.74) is 3.93. The van der Waals surface area contributed by atoms with E-state index >= 15 is 0 Å². The van der Waals surface area contributed by atoms with Crippen molar-refractivity contribution in [2.75, 3.05) is 0 Å². The molecule has 0 atom stereocenters. The maximum atomic E-state index is 12.0. The molecule has 9 heavy (non-hydrogen) atoms. The van der Waals surface area contributed by atoms with Crippen LogP contribution in [0.25, 0.3) is 0 Å². The molecule has 0 amide bonds. The fourth-order valence-corrected chi connectivity index (χ4v) is 0.905. The molecule has 0 aromatic carbocycles. The second-order valence-corrected chi connectivity index (χ2v) is 2.47. The molecule has 1 fully saturated rings. The van der Waals surface area contributed by atoms with E-state index in [2.05, 4.69) is 0 Å². The van der Waals surface area contributed by atoms with E-state index in [1.807, 2.05) is 0 Å². The number of carboxylic acids is 1. The van der Waals surface area contributed by atoms with Crippen LogP contribution < -0.4 is 5.73 Å². The van der Waals surface area contributed by atoms with E-state index in [1.54, 1.807) is 0 Å². The smallest absolute Gasteiger partial charge is 0.323 e. The van der Waals surface area contributed by atoms with Crippen LogP contribution in [0.15, 0.2) is 0 Å². The van der Waals surface area contributed by atoms with Crippen molar-refractivity contribution in [3.05, 3.63) is 0 Å². The number of carbonyl (C=O) groups is 1. The Balaban J connectivity index is 2.50. The first-order valence-electron chi connectivity index (χ1n) is 2.71. The second-order valence-electron chi connectivity index (χ2n) is 2.47. The molecular weight excluding hydrogens is 127 g/mol. The van der Waals surface area contributed by atoms with Gasteiger partial charge in [-0.05, 0) is 0 Å². The minimum absolute atomic E-state index is 0.0394. The number of alkyl halides is 1. The van der Waals surface area contributed by atoms with Crippen molar-refractivity contribution in [2.45, 2.75) is 24.6 Å². The van der Waals surface area contributed by atoms with Crippen molar-refractivity contribution in [3.63, 3.8) is 0 Å². The Morgan fingerprint density at radius 3 is 2.33 bits per heavy atom. The van der Waals surface area contributed by atoms with Gasteiger partial charge in [0.1, 0.15) is 11.7 Å². The highest BCUT2D eigenvalue weighted by Gasteiger charge is 2.47. The lowest BCUT2D eigenvalue weighted by atomic mass is 10.2. The third kappa shape index (κ3) is 0.896. The Morgan fingerprint density at radius 1 is 1.78 bits per heavy atom. The van der Waals surface area contributed by atoms with E-state index < -0.39 is 17.7 Å². The molecule has 0 spiro atoms. The highest BCUT2D eigenvalue weighted by molar-refractivity contribution is 5.79. The average Bonchev–Trinajstić information content (AvgIpc) is 1.62. The van der Waals surface area contributed by atoms with Gasteiger partial charge >= 0.3 is 5.97 Å². The van der Waals surface area contributed by atoms with E-state index in [-0.39, 0.29) is 12.8 Å². The predicted octanol–water partition coefficient (Wildman–Crippen LogP) is -0.0996. The number of halogens is 1. The summed E-state index contributed by atoms with van der Waals surface area (Å²) in [6, 6.07) is 0. The van der Waals surface area contributed by atoms with Crippen molar-refractivity contribution >= 4 is 5.97 Å². The minimum atomic E-state index is -1.26. The van der Waals surface area contributed by atoms with Crippen molar-refractivity contribution in [1.29, 1.82) is 0 Å². The van der Waals surface area contributed by atoms with Crippen molar-refractivity contribution in [3.8, 4) is 0 Å². The minimum Gasteiger partial charge on any atom is -0.480 e. The van der Waals surface area contributed by atoms with Crippen LogP contribution in [0.1, 0.15) is 12.8 Å². The van der Waals surface area contributed by atoms with Gasteiger partial charge in [-0.1, -0.05) is 0 Å². The number of aliphatic carboxylic acids is 1. The van der Waals surface area contributed by atoms with Gasteiger partial charge in [-0.25, -0.2) is 4.39 Å². The summed E-state index contributed by atoms with van der Waals surface area (Å²) < 4.78 is 12.0. The number of hydrogen-bond donors (Lipinski definition) is 2. The van der Waals surface area contributed by atoms with E-state index in [0.29, 0.717) is 0 Å². The highest BCUT2D eigenvalue weighted by atomic mass is 19.1. The normalized spacial score (nSPS) is 41.8. The molecule has 0 bridgehead atoms. The van der Waals surface area contributed by atoms with E-state index in [1.165, 1.54) is 0 Å². The summed E-state index contributed by atoms with van der Waals surface area (Å²) in [6.07, 6.45) is -1.09. The lowest BCUT2D eigenvalue weighted by molar-refractivity contribution is -0.149. The summed E-state index contributed by atoms with van der Waals surface area (Å²) in [5, 5.41) is 8.32. The summed E-state index contributed by atoms with van der Waals surface area (Å²) in [7, 11) is 0. The summed E-state index contributed by atoms with van der Waals surface area (Å²) in [5.74, 6) is -1.10. The molecule has 0 unspecified atom stereocenters. The second kappa shape index (κ2) is 1.67. The molecule has 0 aliphatic heterocycles. The molecule has 0 aromatic heterocycles. The SMILES string of the molecule is N[14C]1(C(=O)O)CC(F)C1. The first-order chi connectivity index (χ1) is 4.04. The molecule has 1 saturated carbocycles. The highest BCUT2D eigenvalue weighted by Crippen LogP contribution is 2.32. The van der Waals surface area contributed by atoms with Crippen LogP contribution in [-0.2, 0) is 4.79 Å². The first kappa shape index (κ1) is 6.48. The maximum Gasteiger partial charge on any atom is 0.323 e. The van der Waals surface area contributed by atoms with Gasteiger partial charge in [-0.3, -0.25) is 4.79 Å². The molecule has 0 saturated heterocycles. The number of hydrogen-bond acceptors (Lipinski definition) is 2. The van der Waals surface area contributed by atoms with Gasteiger partial charge in [-0.2, -0.15) is 0 Å². The van der Waals surface area contributed by atoms with E-state index in [4.69, 9.17) is 10.8 Å². The van der Waals surface area contributed by atoms with Crippen LogP contribution in [0, 0.1) is 0 Å². The van der Waals surface area contributed by atoms with Crippen LogP contribution in [0.5, 0.6) is 0 Å². The molecule has 1 aliphatic carbocycles. The molecule has 3 nitrogen and oxygen atoms in total. The molecule has 1 rings (SSSR count). The molecule has 3 N–H and O–H groups in total. The van der Waals surface area contributed by atoms with Crippen molar-refractivity contribution in [1.82, 2.24) is 0 Å². The zero-order valence-electron chi connectivity index (χ0n) is 4.80. The van der Waals surface area contributed by atoms with Gasteiger partial charge in [0, 0.05) is 12.8 Å². The quantitative estimate of drug-likeness (QED) is 0.527. The van der Waals surface area contributed by atoms with E-state index in [0.717, 1.165) is 0 Å². The van der Waals surface area contributed by atoms with Crippen LogP contribution in [-0.4, -0.2) is 22.8 Å². The summed E-state index contributed by atoms with van der Waals surface area (Å²) >= 11 is 0. The predicted molar refractivity (Wildman–Crippen MR) is 28.7 cm³/mol. The summed E-state index contributed by atoms with van der Waals surface area (Å²) in [6.45, 7) is 0. The molecule has 1 aliphatic rings. The first-order valence-corrected chi connectivity index (χ1v) is 2.71. The van der Waals surface area contributed by atoms with Crippen LogP contribution >= 0.6 is 0 Å². The van der Waals surface area contributed by atoms with Crippen molar-refractivity contribution < 1.29 is 14.3 Å². The van der Waals surface area contributed by atoms with E-state index in [9.17, 15) is 9.18 Å². The molecule has 0 aromatic rings. The van der Waals surface area contributed by atoms with Gasteiger partial charge in [0.25, 0.3) is 0 Å². The Morgan fingerprint density at radius 2 is 2.22 bits per heavy atom. The molecular formula is C5H8FNO2. The topological polar surface area (TPSA) is 63.3 Å². The fraction of sp³-hybridized carbons (Fsp3) is 0.800. The Hall–Kier alpha value is -0.640. The Labute approximate surface area is 51.7 Å². The zero-order chi connectivity index (χ0) is 7.07. The fourth-order valence-electron chi connectivity index (χ4n) is 0.905. The van der Waals surface area contributed by atoms with Gasteiger partial charge < -0.3 is 10.8 Å². The largest absolute Gasteiger partial charge is 0.480 e. The van der Waals surface area contributed by atoms with Gasteiger partial charge in [0.2, 0.25) is 0 Å². The molecule has 0 radical (unpaired) electrons. The number of carboxylic acid groups (broad SMARTS) is 1. The van der Waals surface area contributed by atoms with Gasteiger partial charge in [0.15, 0.2) is 0 Å². The third-order valence-corrected chi connectivity index (χ3v) is 1.60. The Kier molecular flexibility index (Phi) is 1.20. The summed E-state index contributed by atoms with van der Waals surface area (Å²) in [4.78, 5) is 10.2. The molecule has 4 heteroatoms. The lowest BCUT2D eigenvalue weighted by Crippen LogP contribution is -2.58.